The van der Waals surface area contributed by atoms with Crippen molar-refractivity contribution in [2.45, 2.75) is 65.1 Å². The molecule has 0 bridgehead atoms. The van der Waals surface area contributed by atoms with Crippen LogP contribution in [0.3, 0.4) is 0 Å². The third-order valence-corrected chi connectivity index (χ3v) is 3.50. The molecular formula is C13H30N2O. The molecule has 3 heteroatoms. The topological polar surface area (TPSA) is 35.5 Å². The van der Waals surface area contributed by atoms with Gasteiger partial charge in [0, 0.05) is 17.6 Å². The van der Waals surface area contributed by atoms with Gasteiger partial charge in [-0.15, -0.1) is 0 Å². The van der Waals surface area contributed by atoms with Crippen molar-refractivity contribution in [2.24, 2.45) is 0 Å². The number of nitrogens with one attached hydrogen (secondary N) is 1. The molecule has 3 nitrogen and oxygen atoms in total. The molecule has 0 radical (unpaired) electrons. The Morgan fingerprint density at radius 1 is 1.31 bits per heavy atom. The summed E-state index contributed by atoms with van der Waals surface area (Å²) >= 11 is 0. The lowest BCUT2D eigenvalue weighted by Gasteiger charge is -2.35. The van der Waals surface area contributed by atoms with Crippen molar-refractivity contribution in [3.63, 3.8) is 0 Å². The monoisotopic (exact) mass is 230 g/mol. The molecule has 0 aliphatic carbocycles. The third kappa shape index (κ3) is 5.83. The molecule has 16 heavy (non-hydrogen) atoms. The maximum atomic E-state index is 9.27. The zero-order valence-electron chi connectivity index (χ0n) is 11.9. The summed E-state index contributed by atoms with van der Waals surface area (Å²) in [5.74, 6) is 0. The second-order valence-corrected chi connectivity index (χ2v) is 5.58. The Morgan fingerprint density at radius 2 is 1.88 bits per heavy atom. The van der Waals surface area contributed by atoms with Crippen LogP contribution in [0.25, 0.3) is 0 Å². The molecule has 0 aromatic rings. The first-order valence-corrected chi connectivity index (χ1v) is 6.41. The fourth-order valence-corrected chi connectivity index (χ4v) is 1.62. The molecule has 1 atom stereocenters. The molecule has 0 heterocycles. The van der Waals surface area contributed by atoms with E-state index in [1.165, 1.54) is 0 Å². The third-order valence-electron chi connectivity index (χ3n) is 3.50. The van der Waals surface area contributed by atoms with Crippen LogP contribution < -0.4 is 5.32 Å². The Kier molecular flexibility index (Phi) is 7.20. The van der Waals surface area contributed by atoms with E-state index < -0.39 is 0 Å². The second-order valence-electron chi connectivity index (χ2n) is 5.58. The van der Waals surface area contributed by atoms with Gasteiger partial charge >= 0.3 is 0 Å². The van der Waals surface area contributed by atoms with E-state index in [0.717, 1.165) is 19.4 Å². The van der Waals surface area contributed by atoms with E-state index in [9.17, 15) is 5.11 Å². The SMILES string of the molecule is CCC(C)(C)N(C)CCC(CO)NC(C)C. The van der Waals surface area contributed by atoms with Crippen molar-refractivity contribution in [1.82, 2.24) is 10.2 Å². The van der Waals surface area contributed by atoms with E-state index in [4.69, 9.17) is 0 Å². The van der Waals surface area contributed by atoms with Crippen molar-refractivity contribution in [3.05, 3.63) is 0 Å². The number of hydrogen-bond acceptors (Lipinski definition) is 3. The summed E-state index contributed by atoms with van der Waals surface area (Å²) in [6, 6.07) is 0.650. The summed E-state index contributed by atoms with van der Waals surface area (Å²) in [7, 11) is 2.16. The van der Waals surface area contributed by atoms with E-state index in [-0.39, 0.29) is 18.2 Å². The fraction of sp³-hybridized carbons (Fsp3) is 1.00. The van der Waals surface area contributed by atoms with Crippen molar-refractivity contribution in [3.8, 4) is 0 Å². The molecule has 0 rings (SSSR count). The smallest absolute Gasteiger partial charge is 0.0585 e. The van der Waals surface area contributed by atoms with Gasteiger partial charge in [-0.25, -0.2) is 0 Å². The molecule has 1 unspecified atom stereocenters. The molecule has 0 aromatic heterocycles. The zero-order chi connectivity index (χ0) is 12.8. The summed E-state index contributed by atoms with van der Waals surface area (Å²) in [4.78, 5) is 2.37. The maximum Gasteiger partial charge on any atom is 0.0585 e. The lowest BCUT2D eigenvalue weighted by atomic mass is 9.99. The van der Waals surface area contributed by atoms with Gasteiger partial charge in [0.2, 0.25) is 0 Å². The molecule has 0 fully saturated rings. The van der Waals surface area contributed by atoms with Crippen LogP contribution in [0.15, 0.2) is 0 Å². The minimum absolute atomic E-state index is 0.218. The van der Waals surface area contributed by atoms with Crippen LogP contribution in [0.2, 0.25) is 0 Å². The molecule has 0 aliphatic heterocycles. The largest absolute Gasteiger partial charge is 0.395 e. The van der Waals surface area contributed by atoms with Gasteiger partial charge in [-0.1, -0.05) is 20.8 Å². The summed E-state index contributed by atoms with van der Waals surface area (Å²) in [5.41, 5.74) is 0.248. The number of hydrogen-bond donors (Lipinski definition) is 2. The summed E-state index contributed by atoms with van der Waals surface area (Å²) in [6.45, 7) is 12.2. The average Bonchev–Trinajstić information content (AvgIpc) is 2.22. The van der Waals surface area contributed by atoms with Gasteiger partial charge in [0.15, 0.2) is 0 Å². The van der Waals surface area contributed by atoms with Crippen LogP contribution in [-0.4, -0.2) is 47.8 Å². The van der Waals surface area contributed by atoms with Crippen LogP contribution in [0.4, 0.5) is 0 Å². The predicted octanol–water partition coefficient (Wildman–Crippen LogP) is 1.86. The quantitative estimate of drug-likeness (QED) is 0.668. The highest BCUT2D eigenvalue weighted by molar-refractivity contribution is 4.79. The van der Waals surface area contributed by atoms with Crippen molar-refractivity contribution in [1.29, 1.82) is 0 Å². The molecule has 2 N–H and O–H groups in total. The molecule has 98 valence electrons. The van der Waals surface area contributed by atoms with Gasteiger partial charge < -0.3 is 15.3 Å². The van der Waals surface area contributed by atoms with Gasteiger partial charge in [0.05, 0.1) is 6.61 Å². The van der Waals surface area contributed by atoms with Crippen molar-refractivity contribution < 1.29 is 5.11 Å². The van der Waals surface area contributed by atoms with Crippen molar-refractivity contribution in [2.75, 3.05) is 20.2 Å². The highest BCUT2D eigenvalue weighted by Gasteiger charge is 2.21. The Hall–Kier alpha value is -0.120. The van der Waals surface area contributed by atoms with Gasteiger partial charge in [-0.3, -0.25) is 0 Å². The lowest BCUT2D eigenvalue weighted by molar-refractivity contribution is 0.133. The highest BCUT2D eigenvalue weighted by Crippen LogP contribution is 2.16. The standard InChI is InChI=1S/C13H30N2O/c1-7-13(4,5)15(6)9-8-12(10-16)14-11(2)3/h11-12,14,16H,7-10H2,1-6H3. The lowest BCUT2D eigenvalue weighted by Crippen LogP contribution is -2.45. The maximum absolute atomic E-state index is 9.27. The van der Waals surface area contributed by atoms with Crippen LogP contribution in [0.1, 0.15) is 47.5 Å². The summed E-state index contributed by atoms with van der Waals surface area (Å²) < 4.78 is 0. The van der Waals surface area contributed by atoms with Crippen LogP contribution in [0.5, 0.6) is 0 Å². The first-order chi connectivity index (χ1) is 7.33. The second kappa shape index (κ2) is 7.25. The first-order valence-electron chi connectivity index (χ1n) is 6.41. The van der Waals surface area contributed by atoms with E-state index in [1.807, 2.05) is 0 Å². The minimum atomic E-state index is 0.218. The Balaban J connectivity index is 4.01. The molecule has 0 aliphatic rings. The summed E-state index contributed by atoms with van der Waals surface area (Å²) in [5, 5.41) is 12.6. The molecule has 0 aromatic carbocycles. The Bertz CT molecular complexity index is 181. The van der Waals surface area contributed by atoms with E-state index in [0.29, 0.717) is 6.04 Å². The van der Waals surface area contributed by atoms with Crippen molar-refractivity contribution >= 4 is 0 Å². The number of aliphatic hydroxyl groups excluding tert-OH is 1. The van der Waals surface area contributed by atoms with Crippen LogP contribution >= 0.6 is 0 Å². The van der Waals surface area contributed by atoms with E-state index >= 15 is 0 Å². The summed E-state index contributed by atoms with van der Waals surface area (Å²) in [6.07, 6.45) is 2.14. The number of nitrogens with zero attached hydrogens (tertiary/aromatic N) is 1. The predicted molar refractivity (Wildman–Crippen MR) is 70.8 cm³/mol. The fourth-order valence-electron chi connectivity index (χ4n) is 1.62. The van der Waals surface area contributed by atoms with E-state index in [1.54, 1.807) is 0 Å². The molecule has 0 saturated carbocycles. The minimum Gasteiger partial charge on any atom is -0.395 e. The normalized spacial score (nSPS) is 14.8. The first kappa shape index (κ1) is 15.9. The Morgan fingerprint density at radius 3 is 2.25 bits per heavy atom. The van der Waals surface area contributed by atoms with E-state index in [2.05, 4.69) is 51.9 Å². The average molecular weight is 230 g/mol. The van der Waals surface area contributed by atoms with Gasteiger partial charge in [-0.05, 0) is 40.3 Å². The Labute approximate surface area is 101 Å². The zero-order valence-corrected chi connectivity index (χ0v) is 11.9. The van der Waals surface area contributed by atoms with Crippen LogP contribution in [0, 0.1) is 0 Å². The number of aliphatic hydroxyl groups is 1. The highest BCUT2D eigenvalue weighted by atomic mass is 16.3. The molecule has 0 spiro atoms. The van der Waals surface area contributed by atoms with Gasteiger partial charge in [0.1, 0.15) is 0 Å². The molecule has 0 amide bonds. The number of rotatable bonds is 8. The van der Waals surface area contributed by atoms with Gasteiger partial charge in [0.25, 0.3) is 0 Å². The molecular weight excluding hydrogens is 200 g/mol. The molecule has 0 saturated heterocycles. The van der Waals surface area contributed by atoms with Gasteiger partial charge in [-0.2, -0.15) is 0 Å². The van der Waals surface area contributed by atoms with Crippen LogP contribution in [-0.2, 0) is 0 Å².